The molecular formula is C18H30O2. The first kappa shape index (κ1) is 17.0. The lowest BCUT2D eigenvalue weighted by atomic mass is 10.1. The van der Waals surface area contributed by atoms with Gasteiger partial charge in [-0.3, -0.25) is 0 Å². The second kappa shape index (κ2) is 10.7. The van der Waals surface area contributed by atoms with Crippen LogP contribution < -0.4 is 4.74 Å². The Morgan fingerprint density at radius 2 is 1.45 bits per heavy atom. The molecule has 1 atom stereocenters. The Hall–Kier alpha value is -1.02. The fourth-order valence-corrected chi connectivity index (χ4v) is 2.27. The Labute approximate surface area is 124 Å². The van der Waals surface area contributed by atoms with Crippen molar-refractivity contribution in [2.75, 3.05) is 6.61 Å². The lowest BCUT2D eigenvalue weighted by Gasteiger charge is -2.08. The average Bonchev–Trinajstić information content (AvgIpc) is 2.46. The van der Waals surface area contributed by atoms with E-state index in [2.05, 4.69) is 6.92 Å². The predicted molar refractivity (Wildman–Crippen MR) is 85.2 cm³/mol. The summed E-state index contributed by atoms with van der Waals surface area (Å²) in [5.74, 6) is 0.900. The Balaban J connectivity index is 2.01. The van der Waals surface area contributed by atoms with Crippen LogP contribution in [0.3, 0.4) is 0 Å². The van der Waals surface area contributed by atoms with E-state index in [4.69, 9.17) is 4.74 Å². The van der Waals surface area contributed by atoms with Gasteiger partial charge in [-0.05, 0) is 31.0 Å². The number of aliphatic hydroxyl groups excluding tert-OH is 1. The van der Waals surface area contributed by atoms with Gasteiger partial charge in [0, 0.05) is 0 Å². The molecule has 0 aliphatic heterocycles. The van der Waals surface area contributed by atoms with Crippen LogP contribution in [-0.4, -0.2) is 11.7 Å². The molecule has 2 heteroatoms. The molecule has 0 spiro atoms. The molecule has 114 valence electrons. The molecule has 1 N–H and O–H groups in total. The molecule has 2 nitrogen and oxygen atoms in total. The molecule has 20 heavy (non-hydrogen) atoms. The van der Waals surface area contributed by atoms with Crippen LogP contribution in [0.1, 0.15) is 76.9 Å². The quantitative estimate of drug-likeness (QED) is 0.559. The molecule has 0 aromatic heterocycles. The minimum absolute atomic E-state index is 0.406. The maximum absolute atomic E-state index is 9.42. The summed E-state index contributed by atoms with van der Waals surface area (Å²) in [7, 11) is 0. The van der Waals surface area contributed by atoms with Gasteiger partial charge in [-0.1, -0.05) is 64.0 Å². The van der Waals surface area contributed by atoms with Gasteiger partial charge in [-0.15, -0.1) is 0 Å². The molecule has 0 amide bonds. The van der Waals surface area contributed by atoms with Crippen molar-refractivity contribution in [1.82, 2.24) is 0 Å². The number of ether oxygens (including phenoxy) is 1. The Morgan fingerprint density at radius 3 is 2.00 bits per heavy atom. The number of hydrogen-bond donors (Lipinski definition) is 1. The van der Waals surface area contributed by atoms with E-state index < -0.39 is 6.10 Å². The van der Waals surface area contributed by atoms with Crippen LogP contribution in [0.2, 0.25) is 0 Å². The number of hydrogen-bond acceptors (Lipinski definition) is 2. The maximum Gasteiger partial charge on any atom is 0.119 e. The smallest absolute Gasteiger partial charge is 0.119 e. The number of rotatable bonds is 11. The Bertz CT molecular complexity index is 330. The van der Waals surface area contributed by atoms with Crippen LogP contribution in [0.4, 0.5) is 0 Å². The fraction of sp³-hybridized carbons (Fsp3) is 0.667. The summed E-state index contributed by atoms with van der Waals surface area (Å²) in [6.45, 7) is 4.82. The molecule has 1 aromatic rings. The van der Waals surface area contributed by atoms with Crippen molar-refractivity contribution in [3.05, 3.63) is 29.8 Å². The van der Waals surface area contributed by atoms with Gasteiger partial charge in [0.2, 0.25) is 0 Å². The van der Waals surface area contributed by atoms with Gasteiger partial charge < -0.3 is 9.84 Å². The predicted octanol–water partition coefficient (Wildman–Crippen LogP) is 5.26. The van der Waals surface area contributed by atoms with Gasteiger partial charge in [0.05, 0.1) is 12.7 Å². The largest absolute Gasteiger partial charge is 0.494 e. The standard InChI is InChI=1S/C18H30O2/c1-3-4-5-6-7-8-9-10-15-20-18-13-11-17(12-14-18)16(2)19/h11-14,16,19H,3-10,15H2,1-2H3/t16-/m1/s1. The van der Waals surface area contributed by atoms with E-state index >= 15 is 0 Å². The minimum Gasteiger partial charge on any atom is -0.494 e. The lowest BCUT2D eigenvalue weighted by Crippen LogP contribution is -1.98. The SMILES string of the molecule is CCCCCCCCCCOc1ccc([C@@H](C)O)cc1. The van der Waals surface area contributed by atoms with E-state index in [1.54, 1.807) is 6.92 Å². The van der Waals surface area contributed by atoms with Crippen molar-refractivity contribution in [3.63, 3.8) is 0 Å². The van der Waals surface area contributed by atoms with Gasteiger partial charge in [-0.2, -0.15) is 0 Å². The van der Waals surface area contributed by atoms with Crippen LogP contribution in [0.25, 0.3) is 0 Å². The second-order valence-corrected chi connectivity index (χ2v) is 5.57. The van der Waals surface area contributed by atoms with Crippen molar-refractivity contribution < 1.29 is 9.84 Å². The maximum atomic E-state index is 9.42. The van der Waals surface area contributed by atoms with Crippen molar-refractivity contribution in [3.8, 4) is 5.75 Å². The van der Waals surface area contributed by atoms with Crippen LogP contribution in [0, 0.1) is 0 Å². The van der Waals surface area contributed by atoms with Gasteiger partial charge in [-0.25, -0.2) is 0 Å². The Morgan fingerprint density at radius 1 is 0.900 bits per heavy atom. The lowest BCUT2D eigenvalue weighted by molar-refractivity contribution is 0.199. The van der Waals surface area contributed by atoms with Crippen LogP contribution in [-0.2, 0) is 0 Å². The molecule has 0 aliphatic carbocycles. The molecular weight excluding hydrogens is 248 g/mol. The molecule has 0 bridgehead atoms. The summed E-state index contributed by atoms with van der Waals surface area (Å²) in [4.78, 5) is 0. The third kappa shape index (κ3) is 7.54. The highest BCUT2D eigenvalue weighted by atomic mass is 16.5. The summed E-state index contributed by atoms with van der Waals surface area (Å²) in [6, 6.07) is 7.72. The summed E-state index contributed by atoms with van der Waals surface area (Å²) in [5.41, 5.74) is 0.935. The van der Waals surface area contributed by atoms with Crippen LogP contribution in [0.5, 0.6) is 5.75 Å². The van der Waals surface area contributed by atoms with Gasteiger partial charge in [0.15, 0.2) is 0 Å². The molecule has 0 aliphatic rings. The van der Waals surface area contributed by atoms with Gasteiger partial charge in [0.25, 0.3) is 0 Å². The molecule has 1 rings (SSSR count). The van der Waals surface area contributed by atoms with Crippen LogP contribution in [0.15, 0.2) is 24.3 Å². The highest BCUT2D eigenvalue weighted by Gasteiger charge is 2.00. The molecule has 0 saturated heterocycles. The zero-order valence-electron chi connectivity index (χ0n) is 13.1. The highest BCUT2D eigenvalue weighted by Crippen LogP contribution is 2.17. The topological polar surface area (TPSA) is 29.5 Å². The second-order valence-electron chi connectivity index (χ2n) is 5.57. The molecule has 1 aromatic carbocycles. The van der Waals surface area contributed by atoms with E-state index in [0.29, 0.717) is 0 Å². The number of aliphatic hydroxyl groups is 1. The molecule has 0 heterocycles. The van der Waals surface area contributed by atoms with Crippen LogP contribution >= 0.6 is 0 Å². The fourth-order valence-electron chi connectivity index (χ4n) is 2.27. The first-order valence-corrected chi connectivity index (χ1v) is 8.15. The van der Waals surface area contributed by atoms with E-state index in [9.17, 15) is 5.11 Å². The highest BCUT2D eigenvalue weighted by molar-refractivity contribution is 5.28. The van der Waals surface area contributed by atoms with E-state index in [0.717, 1.165) is 24.3 Å². The third-order valence-electron chi connectivity index (χ3n) is 3.63. The normalized spacial score (nSPS) is 12.3. The van der Waals surface area contributed by atoms with E-state index in [1.807, 2.05) is 24.3 Å². The monoisotopic (exact) mass is 278 g/mol. The number of unbranched alkanes of at least 4 members (excludes halogenated alkanes) is 7. The first-order chi connectivity index (χ1) is 9.74. The molecule has 0 saturated carbocycles. The minimum atomic E-state index is -0.406. The summed E-state index contributed by atoms with van der Waals surface area (Å²) >= 11 is 0. The number of benzene rings is 1. The Kier molecular flexibility index (Phi) is 9.14. The van der Waals surface area contributed by atoms with E-state index in [-0.39, 0.29) is 0 Å². The first-order valence-electron chi connectivity index (χ1n) is 8.15. The van der Waals surface area contributed by atoms with Crippen molar-refractivity contribution in [2.45, 2.75) is 71.3 Å². The van der Waals surface area contributed by atoms with Crippen molar-refractivity contribution in [1.29, 1.82) is 0 Å². The van der Waals surface area contributed by atoms with Gasteiger partial charge >= 0.3 is 0 Å². The van der Waals surface area contributed by atoms with E-state index in [1.165, 1.54) is 44.9 Å². The third-order valence-corrected chi connectivity index (χ3v) is 3.63. The molecule has 0 fully saturated rings. The van der Waals surface area contributed by atoms with Crippen molar-refractivity contribution >= 4 is 0 Å². The zero-order valence-corrected chi connectivity index (χ0v) is 13.1. The average molecular weight is 278 g/mol. The summed E-state index contributed by atoms with van der Waals surface area (Å²) in [6.07, 6.45) is 10.2. The van der Waals surface area contributed by atoms with Gasteiger partial charge in [0.1, 0.15) is 5.75 Å². The van der Waals surface area contributed by atoms with Crippen molar-refractivity contribution in [2.24, 2.45) is 0 Å². The molecule has 0 radical (unpaired) electrons. The summed E-state index contributed by atoms with van der Waals surface area (Å²) < 4.78 is 5.70. The zero-order chi connectivity index (χ0) is 14.6. The molecule has 0 unspecified atom stereocenters. The summed E-state index contributed by atoms with van der Waals surface area (Å²) in [5, 5.41) is 9.42.